The Morgan fingerprint density at radius 3 is 1.68 bits per heavy atom. The Morgan fingerprint density at radius 2 is 1.29 bits per heavy atom. The lowest BCUT2D eigenvalue weighted by Crippen LogP contribution is -2.51. The molecule has 2 rings (SSSR count). The zero-order valence-electron chi connectivity index (χ0n) is 14.0. The molecule has 0 spiro atoms. The van der Waals surface area contributed by atoms with E-state index < -0.39 is 69.4 Å². The molecule has 0 N–H and O–H groups in total. The van der Waals surface area contributed by atoms with Crippen LogP contribution in [0.25, 0.3) is 11.1 Å². The zero-order valence-corrected chi connectivity index (χ0v) is 14.8. The summed E-state index contributed by atoms with van der Waals surface area (Å²) in [6.07, 6.45) is -25.2. The Morgan fingerprint density at radius 1 is 0.774 bits per heavy atom. The van der Waals surface area contributed by atoms with Gasteiger partial charge in [-0.05, 0) is 18.2 Å². The van der Waals surface area contributed by atoms with Crippen molar-refractivity contribution in [2.75, 3.05) is 0 Å². The minimum atomic E-state index is -7.01. The molecule has 1 aromatic carbocycles. The summed E-state index contributed by atoms with van der Waals surface area (Å²) in [6, 6.07) is 0.804. The molecule has 0 saturated heterocycles. The third-order valence-corrected chi connectivity index (χ3v) is 4.14. The Labute approximate surface area is 168 Å². The maximum Gasteiger partial charge on any atom is 0.435 e. The van der Waals surface area contributed by atoms with Gasteiger partial charge < -0.3 is 0 Å². The van der Waals surface area contributed by atoms with Gasteiger partial charge in [0.25, 0.3) is 0 Å². The fourth-order valence-electron chi connectivity index (χ4n) is 2.54. The van der Waals surface area contributed by atoms with Crippen molar-refractivity contribution in [1.29, 1.82) is 0 Å². The fourth-order valence-corrected chi connectivity index (χ4v) is 2.75. The molecule has 1 radical (unpaired) electrons. The van der Waals surface area contributed by atoms with Crippen LogP contribution in [0, 0.1) is 6.07 Å². The van der Waals surface area contributed by atoms with Gasteiger partial charge in [0, 0.05) is 29.0 Å². The van der Waals surface area contributed by atoms with Crippen LogP contribution in [-0.4, -0.2) is 17.3 Å². The van der Waals surface area contributed by atoms with Crippen LogP contribution in [0.5, 0.6) is 0 Å². The van der Waals surface area contributed by atoms with Crippen LogP contribution in [0.2, 0.25) is 5.15 Å². The van der Waals surface area contributed by atoms with E-state index in [2.05, 4.69) is 4.98 Å². The molecule has 0 unspecified atom stereocenters. The summed E-state index contributed by atoms with van der Waals surface area (Å²) in [5, 5.41) is -1.13. The first-order valence-electron chi connectivity index (χ1n) is 7.41. The number of pyridine rings is 1. The van der Waals surface area contributed by atoms with Crippen LogP contribution in [-0.2, 0) is 18.0 Å². The molecule has 1 heterocycles. The summed E-state index contributed by atoms with van der Waals surface area (Å²) in [4.78, 5) is 3.17. The van der Waals surface area contributed by atoms with Gasteiger partial charge >= 0.3 is 30.4 Å². The molecule has 0 bridgehead atoms. The lowest BCUT2D eigenvalue weighted by atomic mass is 9.83. The molecule has 0 saturated carbocycles. The highest BCUT2D eigenvalue weighted by Gasteiger charge is 2.74. The molecule has 0 aliphatic heterocycles. The van der Waals surface area contributed by atoms with E-state index in [4.69, 9.17) is 11.6 Å². The van der Waals surface area contributed by atoms with Gasteiger partial charge in [0.2, 0.25) is 0 Å². The molecule has 171 valence electrons. The molecular formula is C16H4ClF13N. The smallest absolute Gasteiger partial charge is 0.244 e. The highest BCUT2D eigenvalue weighted by Crippen LogP contribution is 2.58. The Bertz CT molecular complexity index is 955. The monoisotopic (exact) mass is 492 g/mol. The Hall–Kier alpha value is -2.25. The average Bonchev–Trinajstić information content (AvgIpc) is 2.57. The molecule has 0 aliphatic carbocycles. The lowest BCUT2D eigenvalue weighted by Gasteiger charge is -2.33. The van der Waals surface area contributed by atoms with Crippen molar-refractivity contribution in [2.24, 2.45) is 0 Å². The quantitative estimate of drug-likeness (QED) is 0.312. The van der Waals surface area contributed by atoms with Crippen LogP contribution in [0.1, 0.15) is 16.7 Å². The van der Waals surface area contributed by atoms with E-state index >= 15 is 0 Å². The molecule has 31 heavy (non-hydrogen) atoms. The number of benzene rings is 1. The average molecular weight is 493 g/mol. The summed E-state index contributed by atoms with van der Waals surface area (Å²) < 4.78 is 173. The van der Waals surface area contributed by atoms with Crippen LogP contribution in [0.15, 0.2) is 24.4 Å². The standard InChI is InChI=1S/C16H4ClF13N/c17-11-7(2-1-3-31-11)10-8(12(18,15(25,26)27)16(28,29)30)4-6(13(19,20)21)5-9(10)14(22,23)24/h1-4H. The minimum absolute atomic E-state index is 0.428. The summed E-state index contributed by atoms with van der Waals surface area (Å²) in [7, 11) is 0. The Kier molecular flexibility index (Phi) is 5.98. The van der Waals surface area contributed by atoms with E-state index in [1.165, 1.54) is 0 Å². The van der Waals surface area contributed by atoms with Crippen LogP contribution in [0.3, 0.4) is 0 Å². The first kappa shape index (κ1) is 25.0. The van der Waals surface area contributed by atoms with E-state index in [-0.39, 0.29) is 0 Å². The van der Waals surface area contributed by atoms with Crippen molar-refractivity contribution in [3.63, 3.8) is 0 Å². The van der Waals surface area contributed by atoms with E-state index in [1.54, 1.807) is 0 Å². The third kappa shape index (κ3) is 4.39. The van der Waals surface area contributed by atoms with E-state index in [1.807, 2.05) is 0 Å². The van der Waals surface area contributed by atoms with Gasteiger partial charge in [0.05, 0.1) is 11.1 Å². The normalized spacial score (nSPS) is 14.1. The second kappa shape index (κ2) is 7.41. The van der Waals surface area contributed by atoms with Crippen LogP contribution < -0.4 is 0 Å². The fraction of sp³-hybridized carbons (Fsp3) is 0.312. The predicted molar refractivity (Wildman–Crippen MR) is 78.4 cm³/mol. The molecule has 0 amide bonds. The largest absolute Gasteiger partial charge is 0.435 e. The molecule has 1 nitrogen and oxygen atoms in total. The van der Waals surface area contributed by atoms with Gasteiger partial charge in [0.15, 0.2) is 0 Å². The van der Waals surface area contributed by atoms with Crippen molar-refractivity contribution in [3.05, 3.63) is 52.3 Å². The summed E-state index contributed by atoms with van der Waals surface area (Å²) >= 11 is 5.46. The van der Waals surface area contributed by atoms with Crippen molar-refractivity contribution < 1.29 is 57.1 Å². The van der Waals surface area contributed by atoms with Gasteiger partial charge in [-0.1, -0.05) is 11.6 Å². The Balaban J connectivity index is 3.24. The summed E-state index contributed by atoms with van der Waals surface area (Å²) in [6.45, 7) is 0. The number of hydrogen-bond donors (Lipinski definition) is 0. The molecule has 1 aromatic heterocycles. The third-order valence-electron chi connectivity index (χ3n) is 3.84. The van der Waals surface area contributed by atoms with E-state index in [9.17, 15) is 57.1 Å². The summed E-state index contributed by atoms with van der Waals surface area (Å²) in [5.41, 5.74) is -18.7. The SMILES string of the molecule is FC(F)(F)c1[c]c(C(F)(F)F)c(-c2cccnc2Cl)c(C(F)(C(F)(F)F)C(F)(F)F)c1. The molecule has 0 atom stereocenters. The number of alkyl halides is 13. The van der Waals surface area contributed by atoms with Crippen LogP contribution >= 0.6 is 11.6 Å². The highest BCUT2D eigenvalue weighted by molar-refractivity contribution is 6.32. The van der Waals surface area contributed by atoms with Gasteiger partial charge in [-0.15, -0.1) is 0 Å². The van der Waals surface area contributed by atoms with Crippen LogP contribution in [0.4, 0.5) is 57.1 Å². The molecule has 2 aromatic rings. The number of rotatable bonds is 2. The number of aromatic nitrogens is 1. The topological polar surface area (TPSA) is 12.9 Å². The number of hydrogen-bond acceptors (Lipinski definition) is 1. The molecular weight excluding hydrogens is 489 g/mol. The first-order chi connectivity index (χ1) is 13.7. The maximum absolute atomic E-state index is 14.7. The van der Waals surface area contributed by atoms with Crippen molar-refractivity contribution >= 4 is 11.6 Å². The highest BCUT2D eigenvalue weighted by atomic mass is 35.5. The van der Waals surface area contributed by atoms with Crippen molar-refractivity contribution in [3.8, 4) is 11.1 Å². The second-order valence-corrected chi connectivity index (χ2v) is 6.20. The van der Waals surface area contributed by atoms with Gasteiger partial charge in [-0.3, -0.25) is 0 Å². The second-order valence-electron chi connectivity index (χ2n) is 5.84. The van der Waals surface area contributed by atoms with Crippen molar-refractivity contribution in [1.82, 2.24) is 4.98 Å². The van der Waals surface area contributed by atoms with Gasteiger partial charge in [0.1, 0.15) is 5.15 Å². The number of halogens is 14. The minimum Gasteiger partial charge on any atom is -0.244 e. The zero-order chi connectivity index (χ0) is 24.2. The lowest BCUT2D eigenvalue weighted by molar-refractivity contribution is -0.348. The van der Waals surface area contributed by atoms with Crippen molar-refractivity contribution in [2.45, 2.75) is 30.4 Å². The maximum atomic E-state index is 14.7. The molecule has 0 fully saturated rings. The molecule has 15 heteroatoms. The number of nitrogens with zero attached hydrogens (tertiary/aromatic N) is 1. The van der Waals surface area contributed by atoms with E-state index in [0.717, 1.165) is 6.20 Å². The predicted octanol–water partition coefficient (Wildman–Crippen LogP) is 7.53. The first-order valence-corrected chi connectivity index (χ1v) is 7.79. The molecule has 0 aliphatic rings. The van der Waals surface area contributed by atoms with E-state index in [0.29, 0.717) is 18.2 Å². The van der Waals surface area contributed by atoms with Gasteiger partial charge in [-0.25, -0.2) is 9.37 Å². The summed E-state index contributed by atoms with van der Waals surface area (Å²) in [5.74, 6) is 0. The van der Waals surface area contributed by atoms with Gasteiger partial charge in [-0.2, -0.15) is 52.7 Å².